The molecule has 1 aromatic heterocycles. The summed E-state index contributed by atoms with van der Waals surface area (Å²) < 4.78 is 0. The summed E-state index contributed by atoms with van der Waals surface area (Å²) in [4.78, 5) is 6.53. The fourth-order valence-corrected chi connectivity index (χ4v) is 3.15. The minimum Gasteiger partial charge on any atom is -0.387 e. The van der Waals surface area contributed by atoms with Gasteiger partial charge in [0.2, 0.25) is 0 Å². The molecule has 0 saturated carbocycles. The average molecular weight is 322 g/mol. The van der Waals surface area contributed by atoms with Crippen LogP contribution in [0.15, 0.2) is 48.7 Å². The summed E-state index contributed by atoms with van der Waals surface area (Å²) >= 11 is 0. The number of aliphatic hydroxyl groups excluding tert-OH is 1. The summed E-state index contributed by atoms with van der Waals surface area (Å²) in [6.45, 7) is 3.40. The first-order chi connectivity index (χ1) is 11.8. The molecule has 24 heavy (non-hydrogen) atoms. The molecular formula is C19H22N4O. The lowest BCUT2D eigenvalue weighted by Gasteiger charge is -2.20. The van der Waals surface area contributed by atoms with Gasteiger partial charge in [0.25, 0.3) is 0 Å². The van der Waals surface area contributed by atoms with Crippen LogP contribution >= 0.6 is 0 Å². The second kappa shape index (κ2) is 7.91. The minimum absolute atomic E-state index is 0.445. The van der Waals surface area contributed by atoms with Crippen molar-refractivity contribution in [2.75, 3.05) is 31.5 Å². The predicted octanol–water partition coefficient (Wildman–Crippen LogP) is 2.42. The Kier molecular flexibility index (Phi) is 5.42. The van der Waals surface area contributed by atoms with Crippen molar-refractivity contribution >= 4 is 5.82 Å². The molecule has 2 atom stereocenters. The molecule has 0 radical (unpaired) electrons. The van der Waals surface area contributed by atoms with Gasteiger partial charge in [0.1, 0.15) is 11.9 Å². The number of benzene rings is 1. The maximum Gasteiger partial charge on any atom is 0.143 e. The molecule has 1 aliphatic heterocycles. The summed E-state index contributed by atoms with van der Waals surface area (Å²) in [6.07, 6.45) is 2.34. The molecule has 1 aliphatic rings. The topological polar surface area (TPSA) is 72.2 Å². The number of hydrogen-bond acceptors (Lipinski definition) is 5. The molecule has 1 fully saturated rings. The number of nitrogens with one attached hydrogen (secondary N) is 1. The summed E-state index contributed by atoms with van der Waals surface area (Å²) in [5.74, 6) is 1.16. The van der Waals surface area contributed by atoms with Gasteiger partial charge in [-0.2, -0.15) is 5.26 Å². The van der Waals surface area contributed by atoms with Gasteiger partial charge in [0, 0.05) is 25.8 Å². The molecule has 3 rings (SSSR count). The van der Waals surface area contributed by atoms with E-state index in [0.717, 1.165) is 31.6 Å². The van der Waals surface area contributed by atoms with E-state index in [1.54, 1.807) is 18.3 Å². The number of aliphatic hydroxyl groups is 1. The summed E-state index contributed by atoms with van der Waals surface area (Å²) in [5, 5.41) is 22.7. The molecule has 0 bridgehead atoms. The number of β-amino-alcohol motifs (C(OH)–C–C–N with tert-alkyl or cyclic N) is 1. The van der Waals surface area contributed by atoms with E-state index < -0.39 is 6.10 Å². The first-order valence-electron chi connectivity index (χ1n) is 8.30. The molecule has 0 aliphatic carbocycles. The van der Waals surface area contributed by atoms with Crippen LogP contribution in [0.5, 0.6) is 0 Å². The lowest BCUT2D eigenvalue weighted by Crippen LogP contribution is -2.27. The van der Waals surface area contributed by atoms with Crippen molar-refractivity contribution in [1.82, 2.24) is 9.88 Å². The third kappa shape index (κ3) is 4.10. The number of likely N-dealkylation sites (tertiary alicyclic amines) is 1. The fourth-order valence-electron chi connectivity index (χ4n) is 3.15. The van der Waals surface area contributed by atoms with Crippen LogP contribution in [0.1, 0.15) is 23.7 Å². The van der Waals surface area contributed by atoms with Crippen LogP contribution in [0, 0.1) is 17.2 Å². The predicted molar refractivity (Wildman–Crippen MR) is 93.4 cm³/mol. The highest BCUT2D eigenvalue weighted by Gasteiger charge is 2.24. The lowest BCUT2D eigenvalue weighted by molar-refractivity contribution is 0.124. The van der Waals surface area contributed by atoms with E-state index in [9.17, 15) is 5.11 Å². The molecule has 124 valence electrons. The van der Waals surface area contributed by atoms with Crippen molar-refractivity contribution in [3.8, 4) is 6.07 Å². The molecule has 2 heterocycles. The molecule has 2 N–H and O–H groups in total. The van der Waals surface area contributed by atoms with Crippen LogP contribution < -0.4 is 5.32 Å². The highest BCUT2D eigenvalue weighted by Crippen LogP contribution is 2.21. The molecule has 0 unspecified atom stereocenters. The second-order valence-electron chi connectivity index (χ2n) is 6.23. The summed E-state index contributed by atoms with van der Waals surface area (Å²) in [6, 6.07) is 15.5. The van der Waals surface area contributed by atoms with Gasteiger partial charge in [-0.15, -0.1) is 0 Å². The Bertz CT molecular complexity index is 698. The Morgan fingerprint density at radius 1 is 1.29 bits per heavy atom. The van der Waals surface area contributed by atoms with E-state index in [-0.39, 0.29) is 0 Å². The van der Waals surface area contributed by atoms with Crippen LogP contribution in [-0.2, 0) is 0 Å². The van der Waals surface area contributed by atoms with Gasteiger partial charge in [-0.1, -0.05) is 30.3 Å². The molecule has 2 aromatic rings. The zero-order valence-corrected chi connectivity index (χ0v) is 13.6. The molecule has 0 amide bonds. The standard InChI is InChI=1S/C19H22N4O/c20-11-17-7-4-9-21-19(17)22-12-15-8-10-23(13-15)14-18(24)16-5-2-1-3-6-16/h1-7,9,15,18,24H,8,10,12-14H2,(H,21,22)/t15-,18+/m1/s1. The van der Waals surface area contributed by atoms with Crippen molar-refractivity contribution < 1.29 is 5.11 Å². The van der Waals surface area contributed by atoms with Gasteiger partial charge in [-0.3, -0.25) is 0 Å². The van der Waals surface area contributed by atoms with Crippen molar-refractivity contribution in [2.45, 2.75) is 12.5 Å². The first-order valence-corrected chi connectivity index (χ1v) is 8.30. The van der Waals surface area contributed by atoms with Crippen molar-refractivity contribution in [1.29, 1.82) is 5.26 Å². The number of anilines is 1. The van der Waals surface area contributed by atoms with Crippen LogP contribution in [0.25, 0.3) is 0 Å². The van der Waals surface area contributed by atoms with E-state index in [4.69, 9.17) is 5.26 Å². The minimum atomic E-state index is -0.445. The van der Waals surface area contributed by atoms with Gasteiger partial charge < -0.3 is 15.3 Å². The van der Waals surface area contributed by atoms with E-state index in [1.807, 2.05) is 30.3 Å². The van der Waals surface area contributed by atoms with E-state index in [2.05, 4.69) is 21.3 Å². The molecule has 0 spiro atoms. The quantitative estimate of drug-likeness (QED) is 0.854. The van der Waals surface area contributed by atoms with Crippen LogP contribution in [-0.4, -0.2) is 41.2 Å². The van der Waals surface area contributed by atoms with Crippen molar-refractivity contribution in [3.05, 3.63) is 59.8 Å². The van der Waals surface area contributed by atoms with Crippen LogP contribution in [0.4, 0.5) is 5.82 Å². The Morgan fingerprint density at radius 2 is 2.12 bits per heavy atom. The Labute approximate surface area is 142 Å². The third-order valence-corrected chi connectivity index (χ3v) is 4.47. The largest absolute Gasteiger partial charge is 0.387 e. The SMILES string of the molecule is N#Cc1cccnc1NC[C@H]1CCN(C[C@H](O)c2ccccc2)C1. The number of rotatable bonds is 6. The van der Waals surface area contributed by atoms with E-state index in [0.29, 0.717) is 23.8 Å². The van der Waals surface area contributed by atoms with Gasteiger partial charge >= 0.3 is 0 Å². The summed E-state index contributed by atoms with van der Waals surface area (Å²) in [5.41, 5.74) is 1.54. The monoisotopic (exact) mass is 322 g/mol. The number of hydrogen-bond donors (Lipinski definition) is 2. The second-order valence-corrected chi connectivity index (χ2v) is 6.23. The fraction of sp³-hybridized carbons (Fsp3) is 0.368. The van der Waals surface area contributed by atoms with Crippen molar-refractivity contribution in [2.24, 2.45) is 5.92 Å². The normalized spacial score (nSPS) is 18.9. The van der Waals surface area contributed by atoms with Crippen molar-refractivity contribution in [3.63, 3.8) is 0 Å². The molecule has 5 heteroatoms. The van der Waals surface area contributed by atoms with Gasteiger partial charge in [0.15, 0.2) is 0 Å². The highest BCUT2D eigenvalue weighted by molar-refractivity contribution is 5.51. The molecular weight excluding hydrogens is 300 g/mol. The zero-order chi connectivity index (χ0) is 16.8. The zero-order valence-electron chi connectivity index (χ0n) is 13.6. The molecule has 1 saturated heterocycles. The van der Waals surface area contributed by atoms with Gasteiger partial charge in [0.05, 0.1) is 11.7 Å². The van der Waals surface area contributed by atoms with E-state index >= 15 is 0 Å². The molecule has 5 nitrogen and oxygen atoms in total. The number of nitrogens with zero attached hydrogens (tertiary/aromatic N) is 3. The number of nitriles is 1. The Balaban J connectivity index is 1.48. The Morgan fingerprint density at radius 3 is 2.92 bits per heavy atom. The average Bonchev–Trinajstić information content (AvgIpc) is 3.08. The lowest BCUT2D eigenvalue weighted by atomic mass is 10.1. The molecule has 1 aromatic carbocycles. The van der Waals surface area contributed by atoms with Crippen LogP contribution in [0.3, 0.4) is 0 Å². The Hall–Kier alpha value is -2.42. The first kappa shape index (κ1) is 16.4. The number of pyridine rings is 1. The van der Waals surface area contributed by atoms with Crippen LogP contribution in [0.2, 0.25) is 0 Å². The van der Waals surface area contributed by atoms with Gasteiger partial charge in [-0.05, 0) is 36.6 Å². The van der Waals surface area contributed by atoms with Gasteiger partial charge in [-0.25, -0.2) is 4.98 Å². The maximum absolute atomic E-state index is 10.3. The summed E-state index contributed by atoms with van der Waals surface area (Å²) in [7, 11) is 0. The number of aromatic nitrogens is 1. The van der Waals surface area contributed by atoms with E-state index in [1.165, 1.54) is 0 Å². The third-order valence-electron chi connectivity index (χ3n) is 4.47. The smallest absolute Gasteiger partial charge is 0.143 e. The highest BCUT2D eigenvalue weighted by atomic mass is 16.3. The maximum atomic E-state index is 10.3.